The molecule has 0 aromatic heterocycles. The summed E-state index contributed by atoms with van der Waals surface area (Å²) in [6, 6.07) is 68.5. The monoisotopic (exact) mass is 696 g/mol. The van der Waals surface area contributed by atoms with Gasteiger partial charge in [0.05, 0.1) is 0 Å². The number of hydrogen-bond acceptors (Lipinski definition) is 0. The fourth-order valence-corrected chi connectivity index (χ4v) is 9.94. The number of hydrogen-bond donors (Lipinski definition) is 0. The molecule has 55 heavy (non-hydrogen) atoms. The smallest absolute Gasteiger partial charge is 0.0159 e. The van der Waals surface area contributed by atoms with Crippen LogP contribution in [0.15, 0.2) is 182 Å². The molecular formula is C55H36. The van der Waals surface area contributed by atoms with Crippen molar-refractivity contribution in [3.63, 3.8) is 0 Å². The Kier molecular flexibility index (Phi) is 6.21. The average molecular weight is 697 g/mol. The van der Waals surface area contributed by atoms with E-state index in [9.17, 15) is 0 Å². The molecule has 11 aromatic rings. The van der Waals surface area contributed by atoms with Gasteiger partial charge in [-0.05, 0) is 156 Å². The predicted octanol–water partition coefficient (Wildman–Crippen LogP) is 15.4. The van der Waals surface area contributed by atoms with Crippen LogP contribution in [0.2, 0.25) is 0 Å². The van der Waals surface area contributed by atoms with Gasteiger partial charge >= 0.3 is 0 Å². The lowest BCUT2D eigenvalue weighted by Crippen LogP contribution is -2.14. The van der Waals surface area contributed by atoms with Crippen LogP contribution in [0.25, 0.3) is 109 Å². The van der Waals surface area contributed by atoms with E-state index in [1.54, 1.807) is 0 Å². The van der Waals surface area contributed by atoms with Gasteiger partial charge in [-0.2, -0.15) is 0 Å². The van der Waals surface area contributed by atoms with Gasteiger partial charge in [0.15, 0.2) is 0 Å². The van der Waals surface area contributed by atoms with Crippen LogP contribution in [0.3, 0.4) is 0 Å². The second-order valence-corrected chi connectivity index (χ2v) is 16.1. The van der Waals surface area contributed by atoms with Gasteiger partial charge in [0.2, 0.25) is 0 Å². The van der Waals surface area contributed by atoms with Crippen LogP contribution in [-0.2, 0) is 5.41 Å². The zero-order valence-corrected chi connectivity index (χ0v) is 30.8. The summed E-state index contributed by atoms with van der Waals surface area (Å²) in [6.07, 6.45) is 0. The Hall–Kier alpha value is -6.76. The first-order chi connectivity index (χ1) is 27.0. The largest absolute Gasteiger partial charge is 0.0619 e. The zero-order valence-electron chi connectivity index (χ0n) is 30.8. The maximum absolute atomic E-state index is 2.45. The molecule has 1 aliphatic carbocycles. The highest BCUT2D eigenvalue weighted by atomic mass is 14.4. The molecule has 0 amide bonds. The van der Waals surface area contributed by atoms with Crippen LogP contribution in [-0.4, -0.2) is 0 Å². The quantitative estimate of drug-likeness (QED) is 0.158. The van der Waals surface area contributed by atoms with E-state index in [2.05, 4.69) is 196 Å². The van der Waals surface area contributed by atoms with Gasteiger partial charge in [0, 0.05) is 5.41 Å². The molecule has 0 radical (unpaired) electrons. The first-order valence-corrected chi connectivity index (χ1v) is 19.4. The van der Waals surface area contributed by atoms with Crippen molar-refractivity contribution in [3.8, 4) is 33.4 Å². The van der Waals surface area contributed by atoms with Gasteiger partial charge in [-0.25, -0.2) is 0 Å². The minimum absolute atomic E-state index is 0.00369. The molecule has 0 heterocycles. The molecule has 11 aromatic carbocycles. The van der Waals surface area contributed by atoms with E-state index in [0.29, 0.717) is 0 Å². The fourth-order valence-electron chi connectivity index (χ4n) is 9.94. The lowest BCUT2D eigenvalue weighted by molar-refractivity contribution is 0.661. The summed E-state index contributed by atoms with van der Waals surface area (Å²) in [7, 11) is 0. The highest BCUT2D eigenvalue weighted by molar-refractivity contribution is 6.26. The Morgan fingerprint density at radius 3 is 1.33 bits per heavy atom. The van der Waals surface area contributed by atoms with Gasteiger partial charge in [0.25, 0.3) is 0 Å². The van der Waals surface area contributed by atoms with Crippen molar-refractivity contribution in [3.05, 3.63) is 193 Å². The summed E-state index contributed by atoms with van der Waals surface area (Å²) in [6.45, 7) is 4.72. The predicted molar refractivity (Wildman–Crippen MR) is 237 cm³/mol. The van der Waals surface area contributed by atoms with Gasteiger partial charge in [-0.1, -0.05) is 159 Å². The van der Waals surface area contributed by atoms with Crippen LogP contribution in [0, 0.1) is 0 Å². The SMILES string of the molecule is CC1(C)c2ccccc2-c2cc3c(ccc4c5cc(-c6ccc7cc(-c8ccc9c%10ccccc%10c%10ccccc%10c9c8)ccc7c6)ccc5ccc34)cc21. The van der Waals surface area contributed by atoms with Crippen molar-refractivity contribution in [2.75, 3.05) is 0 Å². The van der Waals surface area contributed by atoms with E-state index in [-0.39, 0.29) is 5.41 Å². The first kappa shape index (κ1) is 30.7. The van der Waals surface area contributed by atoms with Crippen LogP contribution in [0.5, 0.6) is 0 Å². The Morgan fingerprint density at radius 1 is 0.255 bits per heavy atom. The molecule has 0 bridgehead atoms. The number of fused-ring (bicyclic) bond motifs is 15. The van der Waals surface area contributed by atoms with Crippen molar-refractivity contribution < 1.29 is 0 Å². The molecule has 0 spiro atoms. The van der Waals surface area contributed by atoms with Crippen LogP contribution < -0.4 is 0 Å². The second kappa shape index (κ2) is 11.1. The Balaban J connectivity index is 0.948. The molecule has 0 atom stereocenters. The van der Waals surface area contributed by atoms with Crippen LogP contribution >= 0.6 is 0 Å². The minimum atomic E-state index is -0.00369. The minimum Gasteiger partial charge on any atom is -0.0619 e. The molecule has 0 aliphatic heterocycles. The normalized spacial score (nSPS) is 13.4. The molecule has 0 unspecified atom stereocenters. The summed E-state index contributed by atoms with van der Waals surface area (Å²) in [5.74, 6) is 0. The summed E-state index contributed by atoms with van der Waals surface area (Å²) in [5, 5.41) is 18.2. The standard InChI is InChI=1S/C55H36/c1-55(2)53-14-8-7-13-48(53)52-32-50-40(31-54(52)55)23-26-45-46(50)24-21-33-15-16-38(29-49(33)45)36-19-17-35-28-37(20-18-34(35)27-36)39-22-25-47-43-11-4-3-9-41(43)42-10-5-6-12-44(42)51(47)30-39/h3-32H,1-2H3. The van der Waals surface area contributed by atoms with Gasteiger partial charge < -0.3 is 0 Å². The fraction of sp³-hybridized carbons (Fsp3) is 0.0545. The highest BCUT2D eigenvalue weighted by Gasteiger charge is 2.35. The number of rotatable bonds is 2. The molecule has 256 valence electrons. The van der Waals surface area contributed by atoms with Crippen molar-refractivity contribution in [2.24, 2.45) is 0 Å². The first-order valence-electron chi connectivity index (χ1n) is 19.4. The van der Waals surface area contributed by atoms with Crippen molar-refractivity contribution >= 4 is 75.4 Å². The Morgan fingerprint density at radius 2 is 0.673 bits per heavy atom. The molecular weight excluding hydrogens is 661 g/mol. The average Bonchev–Trinajstić information content (AvgIpc) is 3.47. The number of benzene rings is 11. The van der Waals surface area contributed by atoms with E-state index in [0.717, 1.165) is 0 Å². The summed E-state index contributed by atoms with van der Waals surface area (Å²) in [4.78, 5) is 0. The van der Waals surface area contributed by atoms with Crippen LogP contribution in [0.1, 0.15) is 25.0 Å². The van der Waals surface area contributed by atoms with Gasteiger partial charge in [-0.15, -0.1) is 0 Å². The third kappa shape index (κ3) is 4.40. The van der Waals surface area contributed by atoms with Crippen molar-refractivity contribution in [1.82, 2.24) is 0 Å². The molecule has 0 nitrogen and oxygen atoms in total. The van der Waals surface area contributed by atoms with Gasteiger partial charge in [0.1, 0.15) is 0 Å². The Labute approximate surface area is 319 Å². The maximum Gasteiger partial charge on any atom is 0.0159 e. The third-order valence-electron chi connectivity index (χ3n) is 12.8. The lowest BCUT2D eigenvalue weighted by atomic mass is 9.81. The maximum atomic E-state index is 2.45. The second-order valence-electron chi connectivity index (χ2n) is 16.1. The zero-order chi connectivity index (χ0) is 36.4. The molecule has 12 rings (SSSR count). The van der Waals surface area contributed by atoms with E-state index >= 15 is 0 Å². The molecule has 0 saturated carbocycles. The molecule has 0 heteroatoms. The van der Waals surface area contributed by atoms with Crippen LogP contribution in [0.4, 0.5) is 0 Å². The van der Waals surface area contributed by atoms with Crippen molar-refractivity contribution in [2.45, 2.75) is 19.3 Å². The summed E-state index contributed by atoms with van der Waals surface area (Å²) in [5.41, 5.74) is 10.5. The van der Waals surface area contributed by atoms with E-state index in [1.807, 2.05) is 0 Å². The highest BCUT2D eigenvalue weighted by Crippen LogP contribution is 2.50. The topological polar surface area (TPSA) is 0 Å². The van der Waals surface area contributed by atoms with Gasteiger partial charge in [-0.3, -0.25) is 0 Å². The van der Waals surface area contributed by atoms with E-state index in [4.69, 9.17) is 0 Å². The molecule has 0 N–H and O–H groups in total. The van der Waals surface area contributed by atoms with E-state index < -0.39 is 0 Å². The third-order valence-corrected chi connectivity index (χ3v) is 12.8. The Bertz CT molecular complexity index is 3420. The lowest BCUT2D eigenvalue weighted by Gasteiger charge is -2.21. The summed E-state index contributed by atoms with van der Waals surface area (Å²) >= 11 is 0. The van der Waals surface area contributed by atoms with E-state index in [1.165, 1.54) is 120 Å². The molecule has 1 aliphatic rings. The molecule has 0 fully saturated rings. The molecule has 0 saturated heterocycles. The van der Waals surface area contributed by atoms with Crippen molar-refractivity contribution in [1.29, 1.82) is 0 Å². The summed E-state index contributed by atoms with van der Waals surface area (Å²) < 4.78 is 0.